The topological polar surface area (TPSA) is 38.2 Å². The fourth-order valence-corrected chi connectivity index (χ4v) is 2.71. The van der Waals surface area contributed by atoms with E-state index in [1.54, 1.807) is 11.3 Å². The number of aromatic nitrogens is 2. The molecule has 2 aromatic rings. The van der Waals surface area contributed by atoms with Gasteiger partial charge >= 0.3 is 0 Å². The Morgan fingerprint density at radius 3 is 3.00 bits per heavy atom. The Morgan fingerprint density at radius 2 is 2.25 bits per heavy atom. The standard InChI is InChI=1S/C10H12BrN3OS/c1-14(2)3-4-15-10-9-7(12-6-13-10)5-8(11)16-9/h5-6H,3-4H2,1-2H3. The fourth-order valence-electron chi connectivity index (χ4n) is 1.23. The number of halogens is 1. The second-order valence-corrected chi connectivity index (χ2v) is 6.03. The van der Waals surface area contributed by atoms with Crippen molar-refractivity contribution in [3.05, 3.63) is 16.2 Å². The highest BCUT2D eigenvalue weighted by molar-refractivity contribution is 9.11. The molecule has 0 aliphatic rings. The Balaban J connectivity index is 2.17. The molecule has 0 N–H and O–H groups in total. The predicted octanol–water partition coefficient (Wildman–Crippen LogP) is 2.39. The van der Waals surface area contributed by atoms with E-state index < -0.39 is 0 Å². The van der Waals surface area contributed by atoms with Crippen LogP contribution < -0.4 is 4.74 Å². The second-order valence-electron chi connectivity index (χ2n) is 3.60. The van der Waals surface area contributed by atoms with Gasteiger partial charge < -0.3 is 9.64 Å². The summed E-state index contributed by atoms with van der Waals surface area (Å²) >= 11 is 5.03. The van der Waals surface area contributed by atoms with Crippen LogP contribution in [0.1, 0.15) is 0 Å². The van der Waals surface area contributed by atoms with Gasteiger partial charge in [0.1, 0.15) is 17.6 Å². The molecular formula is C10H12BrN3OS. The zero-order valence-electron chi connectivity index (χ0n) is 9.11. The maximum absolute atomic E-state index is 5.64. The SMILES string of the molecule is CN(C)CCOc1ncnc2cc(Br)sc12. The van der Waals surface area contributed by atoms with Crippen molar-refractivity contribution < 1.29 is 4.74 Å². The van der Waals surface area contributed by atoms with Gasteiger partial charge in [-0.05, 0) is 36.1 Å². The monoisotopic (exact) mass is 301 g/mol. The molecule has 0 amide bonds. The van der Waals surface area contributed by atoms with Gasteiger partial charge in [0, 0.05) is 6.54 Å². The van der Waals surface area contributed by atoms with E-state index in [0.717, 1.165) is 20.5 Å². The number of rotatable bonds is 4. The zero-order valence-corrected chi connectivity index (χ0v) is 11.5. The molecular weight excluding hydrogens is 290 g/mol. The molecule has 0 spiro atoms. The van der Waals surface area contributed by atoms with E-state index in [0.29, 0.717) is 12.5 Å². The van der Waals surface area contributed by atoms with Crippen molar-refractivity contribution in [2.45, 2.75) is 0 Å². The van der Waals surface area contributed by atoms with E-state index in [1.165, 1.54) is 6.33 Å². The van der Waals surface area contributed by atoms with Gasteiger partial charge in [0.2, 0.25) is 5.88 Å². The molecule has 0 saturated heterocycles. The van der Waals surface area contributed by atoms with Gasteiger partial charge in [0.05, 0.1) is 9.30 Å². The summed E-state index contributed by atoms with van der Waals surface area (Å²) in [4.78, 5) is 10.4. The van der Waals surface area contributed by atoms with Gasteiger partial charge in [-0.15, -0.1) is 11.3 Å². The first kappa shape index (κ1) is 11.8. The van der Waals surface area contributed by atoms with E-state index in [4.69, 9.17) is 4.74 Å². The molecule has 0 aliphatic heterocycles. The third-order valence-corrected chi connectivity index (χ3v) is 3.64. The van der Waals surface area contributed by atoms with Gasteiger partial charge in [-0.2, -0.15) is 0 Å². The van der Waals surface area contributed by atoms with Crippen LogP contribution in [-0.2, 0) is 0 Å². The van der Waals surface area contributed by atoms with Crippen LogP contribution in [0.2, 0.25) is 0 Å². The van der Waals surface area contributed by atoms with Crippen LogP contribution >= 0.6 is 27.3 Å². The van der Waals surface area contributed by atoms with Crippen molar-refractivity contribution in [1.29, 1.82) is 0 Å². The van der Waals surface area contributed by atoms with Crippen LogP contribution in [0, 0.1) is 0 Å². The summed E-state index contributed by atoms with van der Waals surface area (Å²) in [6, 6.07) is 1.97. The van der Waals surface area contributed by atoms with Crippen LogP contribution in [-0.4, -0.2) is 42.1 Å². The molecule has 86 valence electrons. The first-order valence-corrected chi connectivity index (χ1v) is 6.45. The summed E-state index contributed by atoms with van der Waals surface area (Å²) in [5.74, 6) is 0.669. The summed E-state index contributed by atoms with van der Waals surface area (Å²) in [5.41, 5.74) is 0.923. The van der Waals surface area contributed by atoms with Crippen LogP contribution in [0.5, 0.6) is 5.88 Å². The number of nitrogens with zero attached hydrogens (tertiary/aromatic N) is 3. The minimum Gasteiger partial charge on any atom is -0.475 e. The normalized spacial score (nSPS) is 11.2. The Hall–Kier alpha value is -0.720. The highest BCUT2D eigenvalue weighted by atomic mass is 79.9. The third-order valence-electron chi connectivity index (χ3n) is 2.03. The summed E-state index contributed by atoms with van der Waals surface area (Å²) < 4.78 is 7.68. The first-order chi connectivity index (χ1) is 7.66. The molecule has 6 heteroatoms. The molecule has 0 atom stereocenters. The van der Waals surface area contributed by atoms with E-state index in [1.807, 2.05) is 20.2 Å². The summed E-state index contributed by atoms with van der Waals surface area (Å²) in [5, 5.41) is 0. The smallest absolute Gasteiger partial charge is 0.234 e. The third kappa shape index (κ3) is 2.69. The molecule has 2 aromatic heterocycles. The molecule has 0 aliphatic carbocycles. The quantitative estimate of drug-likeness (QED) is 0.869. The molecule has 4 nitrogen and oxygen atoms in total. The maximum Gasteiger partial charge on any atom is 0.234 e. The predicted molar refractivity (Wildman–Crippen MR) is 69.2 cm³/mol. The van der Waals surface area contributed by atoms with Crippen LogP contribution in [0.25, 0.3) is 10.2 Å². The molecule has 0 saturated carbocycles. The maximum atomic E-state index is 5.64. The number of hydrogen-bond donors (Lipinski definition) is 0. The van der Waals surface area contributed by atoms with Crippen LogP contribution in [0.15, 0.2) is 16.2 Å². The van der Waals surface area contributed by atoms with E-state index in [9.17, 15) is 0 Å². The Labute approximate surface area is 106 Å². The summed E-state index contributed by atoms with van der Waals surface area (Å²) in [6.45, 7) is 1.51. The van der Waals surface area contributed by atoms with Crippen LogP contribution in [0.4, 0.5) is 0 Å². The van der Waals surface area contributed by atoms with Crippen molar-refractivity contribution in [3.8, 4) is 5.88 Å². The van der Waals surface area contributed by atoms with Gasteiger partial charge in [-0.3, -0.25) is 0 Å². The Kier molecular flexibility index (Phi) is 3.73. The van der Waals surface area contributed by atoms with Crippen molar-refractivity contribution in [2.75, 3.05) is 27.2 Å². The van der Waals surface area contributed by atoms with Gasteiger partial charge in [-0.25, -0.2) is 9.97 Å². The largest absolute Gasteiger partial charge is 0.475 e. The minimum atomic E-state index is 0.634. The number of thiophene rings is 1. The number of likely N-dealkylation sites (N-methyl/N-ethyl adjacent to an activating group) is 1. The zero-order chi connectivity index (χ0) is 11.5. The van der Waals surface area contributed by atoms with E-state index >= 15 is 0 Å². The lowest BCUT2D eigenvalue weighted by molar-refractivity contribution is 0.256. The first-order valence-electron chi connectivity index (χ1n) is 4.84. The van der Waals surface area contributed by atoms with Crippen molar-refractivity contribution >= 4 is 37.5 Å². The molecule has 0 aromatic carbocycles. The summed E-state index contributed by atoms with van der Waals surface area (Å²) in [7, 11) is 4.03. The van der Waals surface area contributed by atoms with Crippen molar-refractivity contribution in [2.24, 2.45) is 0 Å². The Bertz CT molecular complexity index is 486. The molecule has 2 rings (SSSR count). The lowest BCUT2D eigenvalue weighted by Crippen LogP contribution is -2.19. The number of fused-ring (bicyclic) bond motifs is 1. The van der Waals surface area contributed by atoms with Crippen molar-refractivity contribution in [3.63, 3.8) is 0 Å². The van der Waals surface area contributed by atoms with Gasteiger partial charge in [0.15, 0.2) is 0 Å². The Morgan fingerprint density at radius 1 is 1.44 bits per heavy atom. The molecule has 0 bridgehead atoms. The van der Waals surface area contributed by atoms with Gasteiger partial charge in [-0.1, -0.05) is 0 Å². The van der Waals surface area contributed by atoms with E-state index in [2.05, 4.69) is 30.8 Å². The molecule has 0 radical (unpaired) electrons. The minimum absolute atomic E-state index is 0.634. The van der Waals surface area contributed by atoms with E-state index in [-0.39, 0.29) is 0 Å². The molecule has 0 fully saturated rings. The average Bonchev–Trinajstić information content (AvgIpc) is 2.58. The highest BCUT2D eigenvalue weighted by Crippen LogP contribution is 2.33. The lowest BCUT2D eigenvalue weighted by atomic mass is 10.5. The highest BCUT2D eigenvalue weighted by Gasteiger charge is 2.08. The molecule has 0 unspecified atom stereocenters. The number of ether oxygens (including phenoxy) is 1. The van der Waals surface area contributed by atoms with Crippen molar-refractivity contribution in [1.82, 2.24) is 14.9 Å². The van der Waals surface area contributed by atoms with Gasteiger partial charge in [0.25, 0.3) is 0 Å². The van der Waals surface area contributed by atoms with Crippen LogP contribution in [0.3, 0.4) is 0 Å². The fraction of sp³-hybridized carbons (Fsp3) is 0.400. The molecule has 16 heavy (non-hydrogen) atoms. The summed E-state index contributed by atoms with van der Waals surface area (Å²) in [6.07, 6.45) is 1.53. The number of hydrogen-bond acceptors (Lipinski definition) is 5. The molecule has 2 heterocycles. The second kappa shape index (κ2) is 5.07. The average molecular weight is 302 g/mol. The lowest BCUT2D eigenvalue weighted by Gasteiger charge is -2.10.